The van der Waals surface area contributed by atoms with Crippen molar-refractivity contribution in [3.05, 3.63) is 71.8 Å². The Hall–Kier alpha value is -3.01. The zero-order valence-electron chi connectivity index (χ0n) is 16.6. The van der Waals surface area contributed by atoms with Gasteiger partial charge in [0.15, 0.2) is 0 Å². The first kappa shape index (κ1) is 19.3. The maximum Gasteiger partial charge on any atom is 0.339 e. The number of benzene rings is 3. The number of anilines is 1. The summed E-state index contributed by atoms with van der Waals surface area (Å²) >= 11 is 0. The van der Waals surface area contributed by atoms with Crippen LogP contribution in [0.15, 0.2) is 60.7 Å². The normalized spacial score (nSPS) is 15.0. The summed E-state index contributed by atoms with van der Waals surface area (Å²) in [5.41, 5.74) is 2.16. The van der Waals surface area contributed by atoms with Crippen molar-refractivity contribution in [3.8, 4) is 5.75 Å². The maximum absolute atomic E-state index is 11.7. The molecule has 0 unspecified atom stereocenters. The van der Waals surface area contributed by atoms with Crippen LogP contribution in [0.5, 0.6) is 5.75 Å². The summed E-state index contributed by atoms with van der Waals surface area (Å²) in [6.07, 6.45) is 7.41. The van der Waals surface area contributed by atoms with Crippen molar-refractivity contribution in [2.45, 2.75) is 51.2 Å². The van der Waals surface area contributed by atoms with Gasteiger partial charge in [-0.2, -0.15) is 0 Å². The second-order valence-corrected chi connectivity index (χ2v) is 7.78. The van der Waals surface area contributed by atoms with E-state index in [0.29, 0.717) is 18.4 Å². The van der Waals surface area contributed by atoms with Gasteiger partial charge >= 0.3 is 5.97 Å². The molecule has 1 aliphatic rings. The average molecular weight is 389 g/mol. The molecule has 2 N–H and O–H groups in total. The van der Waals surface area contributed by atoms with Crippen LogP contribution >= 0.6 is 0 Å². The predicted molar refractivity (Wildman–Crippen MR) is 117 cm³/mol. The van der Waals surface area contributed by atoms with E-state index >= 15 is 0 Å². The fourth-order valence-electron chi connectivity index (χ4n) is 4.14. The molecule has 4 heteroatoms. The van der Waals surface area contributed by atoms with Gasteiger partial charge in [0.05, 0.1) is 0 Å². The van der Waals surface area contributed by atoms with E-state index in [2.05, 4.69) is 23.5 Å². The van der Waals surface area contributed by atoms with Crippen molar-refractivity contribution < 1.29 is 14.6 Å². The van der Waals surface area contributed by atoms with E-state index in [1.165, 1.54) is 25.7 Å². The van der Waals surface area contributed by atoms with Crippen LogP contribution in [0, 0.1) is 0 Å². The standard InChI is InChI=1S/C25H27NO3/c27-25(28)23-15-14-21(26-20-11-3-1-2-4-12-20)16-24(23)29-17-19-10-7-9-18-8-5-6-13-22(18)19/h5-10,13-16,20,26H,1-4,11-12,17H2,(H,27,28). The number of hydrogen-bond donors (Lipinski definition) is 2. The topological polar surface area (TPSA) is 58.6 Å². The molecular weight excluding hydrogens is 362 g/mol. The Labute approximate surface area is 171 Å². The number of aromatic carboxylic acids is 1. The van der Waals surface area contributed by atoms with Gasteiger partial charge in [0.1, 0.15) is 17.9 Å². The summed E-state index contributed by atoms with van der Waals surface area (Å²) in [5, 5.41) is 15.4. The van der Waals surface area contributed by atoms with E-state index in [0.717, 1.165) is 34.9 Å². The fraction of sp³-hybridized carbons (Fsp3) is 0.320. The molecule has 3 aromatic rings. The van der Waals surface area contributed by atoms with E-state index in [-0.39, 0.29) is 5.56 Å². The quantitative estimate of drug-likeness (QED) is 0.489. The highest BCUT2D eigenvalue weighted by atomic mass is 16.5. The Kier molecular flexibility index (Phi) is 5.99. The molecule has 3 aromatic carbocycles. The van der Waals surface area contributed by atoms with Gasteiger partial charge in [-0.3, -0.25) is 0 Å². The van der Waals surface area contributed by atoms with Gasteiger partial charge in [0.2, 0.25) is 0 Å². The van der Waals surface area contributed by atoms with Crippen LogP contribution in [-0.4, -0.2) is 17.1 Å². The van der Waals surface area contributed by atoms with Gasteiger partial charge in [0, 0.05) is 17.8 Å². The van der Waals surface area contributed by atoms with Gasteiger partial charge in [-0.15, -0.1) is 0 Å². The largest absolute Gasteiger partial charge is 0.488 e. The van der Waals surface area contributed by atoms with E-state index in [9.17, 15) is 9.90 Å². The van der Waals surface area contributed by atoms with Crippen LogP contribution in [-0.2, 0) is 6.61 Å². The monoisotopic (exact) mass is 389 g/mol. The molecule has 1 fully saturated rings. The third-order valence-corrected chi connectivity index (χ3v) is 5.70. The molecule has 0 aliphatic heterocycles. The van der Waals surface area contributed by atoms with E-state index in [1.807, 2.05) is 36.4 Å². The third-order valence-electron chi connectivity index (χ3n) is 5.70. The molecule has 0 aromatic heterocycles. The molecule has 29 heavy (non-hydrogen) atoms. The molecule has 0 spiro atoms. The summed E-state index contributed by atoms with van der Waals surface area (Å²) in [4.78, 5) is 11.7. The number of ether oxygens (including phenoxy) is 1. The molecule has 1 saturated carbocycles. The Morgan fingerprint density at radius 2 is 1.72 bits per heavy atom. The lowest BCUT2D eigenvalue weighted by atomic mass is 10.1. The summed E-state index contributed by atoms with van der Waals surface area (Å²) in [5.74, 6) is -0.567. The minimum Gasteiger partial charge on any atom is -0.488 e. The Morgan fingerprint density at radius 3 is 2.52 bits per heavy atom. The summed E-state index contributed by atoms with van der Waals surface area (Å²) in [7, 11) is 0. The van der Waals surface area contributed by atoms with Crippen molar-refractivity contribution in [1.82, 2.24) is 0 Å². The number of hydrogen-bond acceptors (Lipinski definition) is 3. The molecular formula is C25H27NO3. The van der Waals surface area contributed by atoms with Gasteiger partial charge in [-0.1, -0.05) is 68.1 Å². The molecule has 150 valence electrons. The van der Waals surface area contributed by atoms with Gasteiger partial charge in [-0.25, -0.2) is 4.79 Å². The van der Waals surface area contributed by atoms with Crippen LogP contribution in [0.3, 0.4) is 0 Å². The Balaban J connectivity index is 1.55. The second kappa shape index (κ2) is 8.99. The number of carbonyl (C=O) groups is 1. The van der Waals surface area contributed by atoms with Crippen molar-refractivity contribution >= 4 is 22.4 Å². The molecule has 4 rings (SSSR count). The van der Waals surface area contributed by atoms with Gasteiger partial charge in [-0.05, 0) is 41.3 Å². The summed E-state index contributed by atoms with van der Waals surface area (Å²) in [6.45, 7) is 0.328. The van der Waals surface area contributed by atoms with Crippen molar-refractivity contribution in [1.29, 1.82) is 0 Å². The smallest absolute Gasteiger partial charge is 0.339 e. The zero-order valence-corrected chi connectivity index (χ0v) is 16.6. The minimum absolute atomic E-state index is 0.191. The Morgan fingerprint density at radius 1 is 0.966 bits per heavy atom. The van der Waals surface area contributed by atoms with Gasteiger partial charge in [0.25, 0.3) is 0 Å². The maximum atomic E-state index is 11.7. The fourth-order valence-corrected chi connectivity index (χ4v) is 4.14. The first-order valence-electron chi connectivity index (χ1n) is 10.4. The van der Waals surface area contributed by atoms with E-state index in [1.54, 1.807) is 6.07 Å². The van der Waals surface area contributed by atoms with Crippen molar-refractivity contribution in [3.63, 3.8) is 0 Å². The first-order valence-corrected chi connectivity index (χ1v) is 10.4. The average Bonchev–Trinajstić information content (AvgIpc) is 3.01. The first-order chi connectivity index (χ1) is 14.2. The lowest BCUT2D eigenvalue weighted by Gasteiger charge is -2.19. The lowest BCUT2D eigenvalue weighted by molar-refractivity contribution is 0.0692. The van der Waals surface area contributed by atoms with Crippen LogP contribution in [0.4, 0.5) is 5.69 Å². The zero-order chi connectivity index (χ0) is 20.1. The van der Waals surface area contributed by atoms with Crippen LogP contribution in [0.25, 0.3) is 10.8 Å². The van der Waals surface area contributed by atoms with Crippen LogP contribution in [0.1, 0.15) is 54.4 Å². The molecule has 0 amide bonds. The van der Waals surface area contributed by atoms with Gasteiger partial charge < -0.3 is 15.2 Å². The number of carboxylic acids is 1. The molecule has 1 aliphatic carbocycles. The highest BCUT2D eigenvalue weighted by Gasteiger charge is 2.16. The molecule has 0 heterocycles. The van der Waals surface area contributed by atoms with Crippen molar-refractivity contribution in [2.24, 2.45) is 0 Å². The SMILES string of the molecule is O=C(O)c1ccc(NC2CCCCCC2)cc1OCc1cccc2ccccc12. The number of nitrogens with one attached hydrogen (secondary N) is 1. The summed E-state index contributed by atoms with van der Waals surface area (Å²) in [6, 6.07) is 20.0. The third kappa shape index (κ3) is 4.70. The number of rotatable bonds is 6. The number of fused-ring (bicyclic) bond motifs is 1. The van der Waals surface area contributed by atoms with E-state index in [4.69, 9.17) is 4.74 Å². The minimum atomic E-state index is -0.973. The van der Waals surface area contributed by atoms with E-state index < -0.39 is 5.97 Å². The highest BCUT2D eigenvalue weighted by Crippen LogP contribution is 2.28. The molecule has 0 radical (unpaired) electrons. The molecule has 0 bridgehead atoms. The van der Waals surface area contributed by atoms with Crippen LogP contribution < -0.4 is 10.1 Å². The highest BCUT2D eigenvalue weighted by molar-refractivity contribution is 5.91. The second-order valence-electron chi connectivity index (χ2n) is 7.78. The predicted octanol–water partition coefficient (Wildman–Crippen LogP) is 6.25. The molecule has 4 nitrogen and oxygen atoms in total. The van der Waals surface area contributed by atoms with Crippen molar-refractivity contribution in [2.75, 3.05) is 5.32 Å². The molecule has 0 saturated heterocycles. The van der Waals surface area contributed by atoms with Crippen LogP contribution in [0.2, 0.25) is 0 Å². The summed E-state index contributed by atoms with van der Waals surface area (Å²) < 4.78 is 6.03. The Bertz CT molecular complexity index is 985. The number of carboxylic acid groups (broad SMARTS) is 1. The lowest BCUT2D eigenvalue weighted by Crippen LogP contribution is -2.18. The molecule has 0 atom stereocenters.